The molecule has 15 heavy (non-hydrogen) atoms. The number of aromatic nitrogens is 1. The van der Waals surface area contributed by atoms with Crippen molar-refractivity contribution in [3.8, 4) is 6.07 Å². The van der Waals surface area contributed by atoms with E-state index in [2.05, 4.69) is 43.1 Å². The average Bonchev–Trinajstić information content (AvgIpc) is 2.54. The number of H-pyrrole nitrogens is 1. The third-order valence-corrected chi connectivity index (χ3v) is 2.85. The first kappa shape index (κ1) is 9.79. The molecule has 1 aromatic carbocycles. The van der Waals surface area contributed by atoms with Crippen molar-refractivity contribution in [1.29, 1.82) is 5.26 Å². The Hall–Kier alpha value is -1.75. The summed E-state index contributed by atoms with van der Waals surface area (Å²) in [6.45, 7) is 4.18. The zero-order valence-electron chi connectivity index (χ0n) is 9.09. The zero-order valence-corrected chi connectivity index (χ0v) is 9.09. The Morgan fingerprint density at radius 1 is 1.33 bits per heavy atom. The van der Waals surface area contributed by atoms with Crippen molar-refractivity contribution in [2.75, 3.05) is 0 Å². The van der Waals surface area contributed by atoms with Crippen molar-refractivity contribution >= 4 is 10.9 Å². The molecule has 76 valence electrons. The fraction of sp³-hybridized carbons (Fsp3) is 0.308. The number of para-hydroxylation sites is 1. The van der Waals surface area contributed by atoms with Crippen molar-refractivity contribution in [3.63, 3.8) is 0 Å². The van der Waals surface area contributed by atoms with Crippen LogP contribution in [0.5, 0.6) is 0 Å². The molecule has 0 spiro atoms. The number of hydrogen-bond donors (Lipinski definition) is 1. The average molecular weight is 198 g/mol. The quantitative estimate of drug-likeness (QED) is 0.790. The molecule has 0 fully saturated rings. The maximum atomic E-state index is 8.62. The summed E-state index contributed by atoms with van der Waals surface area (Å²) in [6, 6.07) is 8.50. The number of hydrogen-bond acceptors (Lipinski definition) is 1. The summed E-state index contributed by atoms with van der Waals surface area (Å²) in [6.07, 6.45) is 1.42. The Labute approximate surface area is 89.5 Å². The van der Waals surface area contributed by atoms with E-state index in [-0.39, 0.29) is 0 Å². The van der Waals surface area contributed by atoms with E-state index in [1.165, 1.54) is 27.7 Å². The van der Waals surface area contributed by atoms with Gasteiger partial charge < -0.3 is 4.98 Å². The Morgan fingerprint density at radius 3 is 2.87 bits per heavy atom. The van der Waals surface area contributed by atoms with Gasteiger partial charge in [0.15, 0.2) is 0 Å². The molecule has 2 nitrogen and oxygen atoms in total. The summed E-state index contributed by atoms with van der Waals surface area (Å²) in [7, 11) is 0. The first-order chi connectivity index (χ1) is 7.24. The summed E-state index contributed by atoms with van der Waals surface area (Å²) >= 11 is 0. The molecule has 2 rings (SSSR count). The van der Waals surface area contributed by atoms with E-state index in [0.29, 0.717) is 6.42 Å². The molecule has 0 aliphatic rings. The maximum absolute atomic E-state index is 8.62. The van der Waals surface area contributed by atoms with E-state index in [0.717, 1.165) is 6.42 Å². The maximum Gasteiger partial charge on any atom is 0.0625 e. The molecule has 2 aromatic rings. The second kappa shape index (κ2) is 3.78. The van der Waals surface area contributed by atoms with Gasteiger partial charge in [0.05, 0.1) is 6.07 Å². The lowest BCUT2D eigenvalue weighted by molar-refractivity contribution is 1.00. The zero-order chi connectivity index (χ0) is 10.8. The topological polar surface area (TPSA) is 39.6 Å². The second-order valence-corrected chi connectivity index (χ2v) is 3.88. The third-order valence-electron chi connectivity index (χ3n) is 2.85. The molecular weight excluding hydrogens is 184 g/mol. The number of aryl methyl sites for hydroxylation is 3. The predicted molar refractivity (Wildman–Crippen MR) is 61.7 cm³/mol. The van der Waals surface area contributed by atoms with Crippen molar-refractivity contribution in [2.24, 2.45) is 0 Å². The van der Waals surface area contributed by atoms with Gasteiger partial charge in [-0.1, -0.05) is 18.2 Å². The van der Waals surface area contributed by atoms with Gasteiger partial charge in [-0.3, -0.25) is 0 Å². The van der Waals surface area contributed by atoms with Crippen molar-refractivity contribution in [2.45, 2.75) is 26.7 Å². The Balaban J connectivity index is 2.59. The number of fused-ring (bicyclic) bond motifs is 1. The minimum Gasteiger partial charge on any atom is -0.358 e. The summed E-state index contributed by atoms with van der Waals surface area (Å²) in [5, 5.41) is 9.89. The largest absolute Gasteiger partial charge is 0.358 e. The van der Waals surface area contributed by atoms with E-state index < -0.39 is 0 Å². The second-order valence-electron chi connectivity index (χ2n) is 3.88. The van der Waals surface area contributed by atoms with E-state index >= 15 is 0 Å². The lowest BCUT2D eigenvalue weighted by Gasteiger charge is -1.97. The normalized spacial score (nSPS) is 10.5. The van der Waals surface area contributed by atoms with Crippen LogP contribution in [-0.4, -0.2) is 4.98 Å². The predicted octanol–water partition coefficient (Wildman–Crippen LogP) is 3.24. The molecule has 2 heteroatoms. The van der Waals surface area contributed by atoms with Crippen molar-refractivity contribution in [3.05, 3.63) is 35.0 Å². The summed E-state index contributed by atoms with van der Waals surface area (Å²) in [4.78, 5) is 3.39. The fourth-order valence-corrected chi connectivity index (χ4v) is 2.05. The number of aromatic amines is 1. The van der Waals surface area contributed by atoms with Gasteiger partial charge in [-0.2, -0.15) is 5.26 Å². The number of nitrogens with one attached hydrogen (secondary N) is 1. The highest BCUT2D eigenvalue weighted by atomic mass is 14.7. The van der Waals surface area contributed by atoms with Crippen LogP contribution in [0.2, 0.25) is 0 Å². The first-order valence-corrected chi connectivity index (χ1v) is 5.17. The highest BCUT2D eigenvalue weighted by Crippen LogP contribution is 2.25. The number of nitriles is 1. The van der Waals surface area contributed by atoms with Crippen LogP contribution in [0.25, 0.3) is 10.9 Å². The summed E-state index contributed by atoms with van der Waals surface area (Å²) in [5.74, 6) is 0. The molecule has 0 aliphatic heterocycles. The van der Waals surface area contributed by atoms with Crippen LogP contribution in [0.1, 0.15) is 23.2 Å². The SMILES string of the molecule is Cc1[nH]c2c(C)cccc2c1CCC#N. The molecule has 1 heterocycles. The van der Waals surface area contributed by atoms with Crippen LogP contribution >= 0.6 is 0 Å². The highest BCUT2D eigenvalue weighted by Gasteiger charge is 2.08. The monoisotopic (exact) mass is 198 g/mol. The van der Waals surface area contributed by atoms with Crippen molar-refractivity contribution < 1.29 is 0 Å². The van der Waals surface area contributed by atoms with E-state index in [1.807, 2.05) is 0 Å². The molecule has 0 unspecified atom stereocenters. The van der Waals surface area contributed by atoms with Gasteiger partial charge in [0.2, 0.25) is 0 Å². The minimum atomic E-state index is 0.585. The van der Waals surface area contributed by atoms with Gasteiger partial charge in [-0.25, -0.2) is 0 Å². The van der Waals surface area contributed by atoms with Crippen LogP contribution < -0.4 is 0 Å². The fourth-order valence-electron chi connectivity index (χ4n) is 2.05. The Bertz CT molecular complexity index is 529. The lowest BCUT2D eigenvalue weighted by Crippen LogP contribution is -1.84. The van der Waals surface area contributed by atoms with E-state index in [1.54, 1.807) is 0 Å². The van der Waals surface area contributed by atoms with Crippen molar-refractivity contribution in [1.82, 2.24) is 4.98 Å². The van der Waals surface area contributed by atoms with Crippen LogP contribution in [0.15, 0.2) is 18.2 Å². The standard InChI is InChI=1S/C13H14N2/c1-9-5-3-6-12-11(7-4-8-14)10(2)15-13(9)12/h3,5-6,15H,4,7H2,1-2H3. The number of nitrogens with zero attached hydrogens (tertiary/aromatic N) is 1. The number of benzene rings is 1. The van der Waals surface area contributed by atoms with Crippen LogP contribution in [0.4, 0.5) is 0 Å². The molecule has 0 bridgehead atoms. The molecule has 0 amide bonds. The molecule has 0 radical (unpaired) electrons. The Morgan fingerprint density at radius 2 is 2.13 bits per heavy atom. The lowest BCUT2D eigenvalue weighted by atomic mass is 10.0. The molecule has 0 aliphatic carbocycles. The Kier molecular flexibility index (Phi) is 2.47. The van der Waals surface area contributed by atoms with Gasteiger partial charge in [0.1, 0.15) is 0 Å². The van der Waals surface area contributed by atoms with Gasteiger partial charge >= 0.3 is 0 Å². The van der Waals surface area contributed by atoms with Gasteiger partial charge in [-0.05, 0) is 31.4 Å². The van der Waals surface area contributed by atoms with Crippen LogP contribution in [0.3, 0.4) is 0 Å². The van der Waals surface area contributed by atoms with Gasteiger partial charge in [0.25, 0.3) is 0 Å². The van der Waals surface area contributed by atoms with E-state index in [4.69, 9.17) is 5.26 Å². The third kappa shape index (κ3) is 1.61. The van der Waals surface area contributed by atoms with Gasteiger partial charge in [0, 0.05) is 23.0 Å². The van der Waals surface area contributed by atoms with E-state index in [9.17, 15) is 0 Å². The first-order valence-electron chi connectivity index (χ1n) is 5.17. The summed E-state index contributed by atoms with van der Waals surface area (Å²) < 4.78 is 0. The molecular formula is C13H14N2. The minimum absolute atomic E-state index is 0.585. The number of rotatable bonds is 2. The smallest absolute Gasteiger partial charge is 0.0625 e. The van der Waals surface area contributed by atoms with Crippen LogP contribution in [-0.2, 0) is 6.42 Å². The molecule has 0 saturated heterocycles. The molecule has 0 atom stereocenters. The van der Waals surface area contributed by atoms with Crippen LogP contribution in [0, 0.1) is 25.2 Å². The molecule has 0 saturated carbocycles. The molecule has 1 aromatic heterocycles. The highest BCUT2D eigenvalue weighted by molar-refractivity contribution is 5.87. The molecule has 1 N–H and O–H groups in total. The summed E-state index contributed by atoms with van der Waals surface area (Å²) in [5.41, 5.74) is 4.95. The van der Waals surface area contributed by atoms with Gasteiger partial charge in [-0.15, -0.1) is 0 Å².